The first kappa shape index (κ1) is 5.32. The summed E-state index contributed by atoms with van der Waals surface area (Å²) in [5.74, 6) is -1.50. The minimum atomic E-state index is -2.26. The molecule has 0 saturated carbocycles. The maximum absolute atomic E-state index is 10.8. The molecule has 0 aliphatic heterocycles. The van der Waals surface area contributed by atoms with Crippen LogP contribution in [0.2, 0.25) is 2.82 Å². The summed E-state index contributed by atoms with van der Waals surface area (Å²) in [7, 11) is 0. The van der Waals surface area contributed by atoms with E-state index in [-0.39, 0.29) is 12.1 Å². The van der Waals surface area contributed by atoms with E-state index >= 15 is 0 Å². The predicted molar refractivity (Wildman–Crippen MR) is 45.8 cm³/mol. The van der Waals surface area contributed by atoms with E-state index in [4.69, 9.17) is 9.30 Å². The van der Waals surface area contributed by atoms with Crippen LogP contribution in [0, 0.1) is 0 Å². The summed E-state index contributed by atoms with van der Waals surface area (Å²) < 4.78 is 21.4. The highest BCUT2D eigenvalue weighted by Crippen LogP contribution is 2.01. The smallest absolute Gasteiger partial charge is 0.320 e. The fourth-order valence-electron chi connectivity index (χ4n) is 0.865. The van der Waals surface area contributed by atoms with Gasteiger partial charge in [0.2, 0.25) is 0 Å². The molecule has 64 valence electrons. The van der Waals surface area contributed by atoms with Crippen LogP contribution in [0.25, 0.3) is 0 Å². The van der Waals surface area contributed by atoms with Crippen molar-refractivity contribution in [3.63, 3.8) is 0 Å². The van der Waals surface area contributed by atoms with E-state index in [9.17, 15) is 4.79 Å². The average Bonchev–Trinajstić information content (AvgIpc) is 2.18. The van der Waals surface area contributed by atoms with E-state index in [2.05, 4.69) is 0 Å². The highest BCUT2D eigenvalue weighted by Gasteiger charge is 2.10. The topological polar surface area (TPSA) is 63.3 Å². The molecule has 0 unspecified atom stereocenters. The van der Waals surface area contributed by atoms with Crippen molar-refractivity contribution in [2.24, 2.45) is 5.72 Å². The summed E-state index contributed by atoms with van der Waals surface area (Å²) in [5.41, 5.74) is 0.516. The van der Waals surface area contributed by atoms with Crippen molar-refractivity contribution in [3.05, 3.63) is 35.9 Å². The quantitative estimate of drug-likeness (QED) is 0.693. The first-order chi connectivity index (χ1) is 6.97. The van der Waals surface area contributed by atoms with Crippen LogP contribution in [0.4, 0.5) is 0 Å². The van der Waals surface area contributed by atoms with Gasteiger partial charge in [0.15, 0.2) is 0 Å². The Morgan fingerprint density at radius 2 is 2.33 bits per heavy atom. The van der Waals surface area contributed by atoms with Gasteiger partial charge in [0.05, 0.1) is 1.37 Å². The lowest BCUT2D eigenvalue weighted by molar-refractivity contribution is -0.138. The molecule has 0 bridgehead atoms. The van der Waals surface area contributed by atoms with Crippen LogP contribution in [-0.4, -0.2) is 17.1 Å². The van der Waals surface area contributed by atoms with Crippen LogP contribution < -0.4 is 5.72 Å². The molecule has 0 aliphatic carbocycles. The third-order valence-corrected chi connectivity index (χ3v) is 1.46. The van der Waals surface area contributed by atoms with Gasteiger partial charge < -0.3 is 10.8 Å². The average molecular weight is 168 g/mol. The number of carboxylic acids is 1. The molecule has 0 aliphatic rings. The van der Waals surface area contributed by atoms with Crippen LogP contribution in [0.15, 0.2) is 30.3 Å². The Labute approximate surface area is 75.2 Å². The monoisotopic (exact) mass is 168 g/mol. The van der Waals surface area contributed by atoms with Crippen LogP contribution in [0.1, 0.15) is 6.93 Å². The number of benzene rings is 1. The zero-order valence-corrected chi connectivity index (χ0v) is 6.40. The molecule has 3 heteroatoms. The number of hydrogen-bond acceptors (Lipinski definition) is 2. The molecule has 0 fully saturated rings. The normalized spacial score (nSPS) is 18.9. The number of hydrogen-bond donors (Lipinski definition) is 2. The maximum atomic E-state index is 10.8. The number of aliphatic carboxylic acids is 1. The third-order valence-electron chi connectivity index (χ3n) is 1.46. The van der Waals surface area contributed by atoms with Crippen molar-refractivity contribution in [3.8, 4) is 0 Å². The molecule has 0 saturated heterocycles. The van der Waals surface area contributed by atoms with Crippen molar-refractivity contribution in [1.82, 2.24) is 0 Å². The summed E-state index contributed by atoms with van der Waals surface area (Å²) in [6.07, 6.45) is -0.198. The van der Waals surface area contributed by atoms with Gasteiger partial charge in [-0.2, -0.15) is 0 Å². The van der Waals surface area contributed by atoms with E-state index in [1.54, 1.807) is 30.3 Å². The fourth-order valence-corrected chi connectivity index (χ4v) is 0.865. The first-order valence-electron chi connectivity index (χ1n) is 4.91. The summed E-state index contributed by atoms with van der Waals surface area (Å²) in [6.45, 7) is 0. The number of carboxylic acid groups (broad SMARTS) is 1. The van der Waals surface area contributed by atoms with Gasteiger partial charge in [-0.1, -0.05) is 30.3 Å². The van der Waals surface area contributed by atoms with Crippen LogP contribution in [0.5, 0.6) is 0 Å². The van der Waals surface area contributed by atoms with Crippen molar-refractivity contribution in [2.75, 3.05) is 0 Å². The van der Waals surface area contributed by atoms with E-state index in [1.165, 1.54) is 0 Å². The van der Waals surface area contributed by atoms with Gasteiger partial charge in [-0.3, -0.25) is 4.79 Å². The Balaban J connectivity index is 2.90. The highest BCUT2D eigenvalue weighted by molar-refractivity contribution is 5.73. The summed E-state index contributed by atoms with van der Waals surface area (Å²) in [6, 6.07) is 6.27. The van der Waals surface area contributed by atoms with E-state index in [0.29, 0.717) is 5.56 Å². The standard InChI is InChI=1S/C9H11NO2/c10-8(9(11)12)6-7-4-2-1-3-5-7/h1-5,8H,6,10H2,(H,11,12)/t8-/m1/s1/i8D/hD2. The molecular formula is C9H11NO2. The van der Waals surface area contributed by atoms with Crippen molar-refractivity contribution in [1.29, 1.82) is 0 Å². The minimum Gasteiger partial charge on any atom is -0.480 e. The summed E-state index contributed by atoms with van der Waals surface area (Å²) in [4.78, 5) is 10.8. The molecule has 0 spiro atoms. The van der Waals surface area contributed by atoms with Gasteiger partial charge >= 0.3 is 5.97 Å². The molecule has 0 amide bonds. The van der Waals surface area contributed by atoms with E-state index < -0.39 is 12.0 Å². The molecule has 0 heterocycles. The molecule has 1 rings (SSSR count). The van der Waals surface area contributed by atoms with Crippen molar-refractivity contribution in [2.45, 2.75) is 12.4 Å². The zero-order chi connectivity index (χ0) is 11.5. The van der Waals surface area contributed by atoms with E-state index in [0.717, 1.165) is 0 Å². The molecule has 3 nitrogen and oxygen atoms in total. The third kappa shape index (κ3) is 2.36. The Morgan fingerprint density at radius 1 is 1.67 bits per heavy atom. The van der Waals surface area contributed by atoms with Gasteiger partial charge in [0.1, 0.15) is 8.84 Å². The number of carbonyl (C=O) groups is 1. The van der Waals surface area contributed by atoms with Gasteiger partial charge in [-0.15, -0.1) is 0 Å². The molecule has 12 heavy (non-hydrogen) atoms. The molecule has 1 atom stereocenters. The van der Waals surface area contributed by atoms with Crippen LogP contribution in [-0.2, 0) is 11.2 Å². The highest BCUT2D eigenvalue weighted by atomic mass is 16.4. The molecular weight excluding hydrogens is 154 g/mol. The Hall–Kier alpha value is -1.35. The van der Waals surface area contributed by atoms with Crippen LogP contribution in [0.3, 0.4) is 0 Å². The summed E-state index contributed by atoms with van der Waals surface area (Å²) in [5, 5.41) is 8.80. The van der Waals surface area contributed by atoms with Gasteiger partial charge in [0.25, 0.3) is 0 Å². The largest absolute Gasteiger partial charge is 0.480 e. The molecule has 1 aromatic carbocycles. The number of nitrogens with two attached hydrogens (primary N) is 1. The first-order valence-corrected chi connectivity index (χ1v) is 3.52. The summed E-state index contributed by atoms with van der Waals surface area (Å²) >= 11 is 0. The second kappa shape index (κ2) is 3.88. The second-order valence-electron chi connectivity index (χ2n) is 2.41. The lowest BCUT2D eigenvalue weighted by Gasteiger charge is -2.04. The molecule has 0 aromatic heterocycles. The van der Waals surface area contributed by atoms with Crippen molar-refractivity contribution >= 4 is 5.97 Å². The fraction of sp³-hybridized carbons (Fsp3) is 0.222. The predicted octanol–water partition coefficient (Wildman–Crippen LogP) is 0.641. The molecule has 3 N–H and O–H groups in total. The lowest BCUT2D eigenvalue weighted by Crippen LogP contribution is -2.32. The van der Waals surface area contributed by atoms with Gasteiger partial charge in [-0.05, 0) is 12.0 Å². The van der Waals surface area contributed by atoms with Crippen molar-refractivity contribution < 1.29 is 14.1 Å². The number of rotatable bonds is 4. The molecule has 0 radical (unpaired) electrons. The Bertz CT molecular complexity index is 344. The molecule has 1 aromatic rings. The zero-order valence-electron chi connectivity index (χ0n) is 9.40. The van der Waals surface area contributed by atoms with E-state index in [1.807, 2.05) is 0 Å². The SMILES string of the molecule is [2H]N([2H])[C@]([2H])(Cc1ccccc1)C(=O)O. The Kier molecular flexibility index (Phi) is 1.72. The minimum absolute atomic E-state index is 0.0949. The van der Waals surface area contributed by atoms with Crippen LogP contribution >= 0.6 is 0 Å². The lowest BCUT2D eigenvalue weighted by atomic mass is 10.1. The Morgan fingerprint density at radius 3 is 2.83 bits per heavy atom. The maximum Gasteiger partial charge on any atom is 0.320 e. The second-order valence-corrected chi connectivity index (χ2v) is 2.41. The van der Waals surface area contributed by atoms with Gasteiger partial charge in [0, 0.05) is 0 Å². The van der Waals surface area contributed by atoms with Gasteiger partial charge in [-0.25, -0.2) is 0 Å².